The van der Waals surface area contributed by atoms with Gasteiger partial charge in [-0.05, 0) is 83.3 Å². The van der Waals surface area contributed by atoms with Gasteiger partial charge in [0.2, 0.25) is 5.91 Å². The van der Waals surface area contributed by atoms with Crippen LogP contribution in [-0.2, 0) is 16.9 Å². The van der Waals surface area contributed by atoms with Gasteiger partial charge in [0.05, 0.1) is 18.1 Å². The highest BCUT2D eigenvalue weighted by molar-refractivity contribution is 9.10. The number of aliphatic hydroxyl groups is 1. The van der Waals surface area contributed by atoms with Crippen LogP contribution in [0.4, 0.5) is 5.82 Å². The predicted octanol–water partition coefficient (Wildman–Crippen LogP) is 4.63. The van der Waals surface area contributed by atoms with Crippen molar-refractivity contribution < 1.29 is 14.7 Å². The Morgan fingerprint density at radius 3 is 2.57 bits per heavy atom. The first-order valence-electron chi connectivity index (χ1n) is 14.3. The molecule has 3 aromatic heterocycles. The summed E-state index contributed by atoms with van der Waals surface area (Å²) >= 11 is 3.40. The fourth-order valence-electron chi connectivity index (χ4n) is 6.34. The van der Waals surface area contributed by atoms with Crippen molar-refractivity contribution in [1.29, 1.82) is 0 Å². The third-order valence-corrected chi connectivity index (χ3v) is 9.59. The zero-order valence-corrected chi connectivity index (χ0v) is 25.3. The molecule has 42 heavy (non-hydrogen) atoms. The molecule has 0 spiro atoms. The van der Waals surface area contributed by atoms with E-state index in [1.54, 1.807) is 12.4 Å². The van der Waals surface area contributed by atoms with Crippen LogP contribution in [0.1, 0.15) is 61.4 Å². The quantitative estimate of drug-likeness (QED) is 0.213. The summed E-state index contributed by atoms with van der Waals surface area (Å²) < 4.78 is 2.56. The van der Waals surface area contributed by atoms with E-state index >= 15 is 0 Å². The van der Waals surface area contributed by atoms with Crippen molar-refractivity contribution in [2.75, 3.05) is 11.9 Å². The molecule has 216 valence electrons. The number of carbonyl (C=O) groups is 2. The maximum Gasteiger partial charge on any atom is 0.242 e. The first-order valence-corrected chi connectivity index (χ1v) is 15.1. The molecule has 2 N–H and O–H groups in total. The second-order valence-corrected chi connectivity index (χ2v) is 13.1. The highest BCUT2D eigenvalue weighted by atomic mass is 79.9. The number of carbonyl (C=O) groups excluding carboxylic acids is 2. The maximum atomic E-state index is 13.5. The lowest BCUT2D eigenvalue weighted by Gasteiger charge is -2.26. The van der Waals surface area contributed by atoms with Crippen molar-refractivity contribution in [1.82, 2.24) is 29.6 Å². The summed E-state index contributed by atoms with van der Waals surface area (Å²) in [5.41, 5.74) is 3.13. The highest BCUT2D eigenvalue weighted by Crippen LogP contribution is 2.59. The number of hydrogen-bond donors (Lipinski definition) is 2. The average molecular weight is 631 g/mol. The molecule has 1 amide bonds. The van der Waals surface area contributed by atoms with Gasteiger partial charge in [0, 0.05) is 42.9 Å². The minimum Gasteiger partial charge on any atom is -0.382 e. The number of benzene rings is 1. The van der Waals surface area contributed by atoms with Gasteiger partial charge < -0.3 is 10.4 Å². The molecule has 1 saturated heterocycles. The van der Waals surface area contributed by atoms with Crippen LogP contribution in [0.2, 0.25) is 0 Å². The number of piperidine rings is 1. The van der Waals surface area contributed by atoms with E-state index in [9.17, 15) is 14.7 Å². The summed E-state index contributed by atoms with van der Waals surface area (Å²) in [6.07, 6.45) is 6.68. The van der Waals surface area contributed by atoms with Gasteiger partial charge in [-0.15, -0.1) is 0 Å². The van der Waals surface area contributed by atoms with E-state index in [2.05, 4.69) is 48.0 Å². The molecule has 0 radical (unpaired) electrons. The molecule has 2 aliphatic carbocycles. The normalized spacial score (nSPS) is 24.0. The van der Waals surface area contributed by atoms with E-state index in [0.717, 1.165) is 40.4 Å². The van der Waals surface area contributed by atoms with Crippen LogP contribution in [0.5, 0.6) is 0 Å². The van der Waals surface area contributed by atoms with Crippen molar-refractivity contribution in [2.45, 2.75) is 70.7 Å². The monoisotopic (exact) mass is 629 g/mol. The molecule has 3 atom stereocenters. The van der Waals surface area contributed by atoms with Crippen molar-refractivity contribution in [3.63, 3.8) is 0 Å². The molecular formula is C31H32BrN7O3. The highest BCUT2D eigenvalue weighted by Gasteiger charge is 2.62. The fourth-order valence-corrected chi connectivity index (χ4v) is 6.65. The number of fused-ring (bicyclic) bond motifs is 2. The van der Waals surface area contributed by atoms with E-state index in [-0.39, 0.29) is 23.1 Å². The number of nitrogens with one attached hydrogen (secondary N) is 1. The number of rotatable bonds is 8. The summed E-state index contributed by atoms with van der Waals surface area (Å²) in [5.74, 6) is 0.874. The lowest BCUT2D eigenvalue weighted by atomic mass is 10.0. The molecule has 2 saturated carbocycles. The van der Waals surface area contributed by atoms with E-state index in [1.165, 1.54) is 6.92 Å². The number of hydrogen-bond acceptors (Lipinski definition) is 8. The zero-order valence-electron chi connectivity index (χ0n) is 23.8. The predicted molar refractivity (Wildman–Crippen MR) is 161 cm³/mol. The van der Waals surface area contributed by atoms with Crippen LogP contribution < -0.4 is 5.32 Å². The Morgan fingerprint density at radius 2 is 1.86 bits per heavy atom. The van der Waals surface area contributed by atoms with Gasteiger partial charge in [-0.3, -0.25) is 19.2 Å². The minimum absolute atomic E-state index is 0.0430. The van der Waals surface area contributed by atoms with E-state index < -0.39 is 5.60 Å². The number of amides is 1. The number of aryl methyl sites for hydroxylation is 1. The van der Waals surface area contributed by atoms with Gasteiger partial charge in [0.25, 0.3) is 0 Å². The van der Waals surface area contributed by atoms with E-state index in [0.29, 0.717) is 53.9 Å². The largest absolute Gasteiger partial charge is 0.382 e. The molecule has 3 fully saturated rings. The number of likely N-dealkylation sites (tertiary alicyclic amines) is 1. The molecule has 4 heterocycles. The van der Waals surface area contributed by atoms with Crippen LogP contribution in [-0.4, -0.2) is 65.1 Å². The SMILES string of the molecule is CC(=O)c1nn(CCN2[C@H](C(=O)Nc3nc(Br)ccc3C)C[C@@]3(C)C[C@@H]23)c2ccc(-c3cnc(C4(O)CC4)nc3)cc12. The van der Waals surface area contributed by atoms with Crippen LogP contribution >= 0.6 is 15.9 Å². The summed E-state index contributed by atoms with van der Waals surface area (Å²) in [6, 6.07) is 9.79. The number of Topliss-reactive ketones (excluding diaryl/α,β-unsaturated/α-hetero) is 1. The minimum atomic E-state index is -0.882. The second kappa shape index (κ2) is 9.75. The van der Waals surface area contributed by atoms with Crippen LogP contribution in [0, 0.1) is 12.3 Å². The lowest BCUT2D eigenvalue weighted by Crippen LogP contribution is -2.43. The van der Waals surface area contributed by atoms with E-state index in [4.69, 9.17) is 5.10 Å². The smallest absolute Gasteiger partial charge is 0.242 e. The Morgan fingerprint density at radius 1 is 1.10 bits per heavy atom. The molecule has 7 rings (SSSR count). The first kappa shape index (κ1) is 27.3. The van der Waals surface area contributed by atoms with Crippen molar-refractivity contribution in [3.8, 4) is 11.1 Å². The molecule has 11 heteroatoms. The van der Waals surface area contributed by atoms with Crippen molar-refractivity contribution in [2.24, 2.45) is 5.41 Å². The Labute approximate surface area is 251 Å². The molecule has 4 aromatic rings. The molecule has 3 aliphatic rings. The van der Waals surface area contributed by atoms with Gasteiger partial charge in [-0.1, -0.05) is 19.1 Å². The van der Waals surface area contributed by atoms with Crippen molar-refractivity contribution in [3.05, 3.63) is 64.4 Å². The molecule has 10 nitrogen and oxygen atoms in total. The Balaban J connectivity index is 1.12. The summed E-state index contributed by atoms with van der Waals surface area (Å²) in [7, 11) is 0. The van der Waals surface area contributed by atoms with Gasteiger partial charge in [0.1, 0.15) is 21.7 Å². The maximum absolute atomic E-state index is 13.5. The topological polar surface area (TPSA) is 126 Å². The average Bonchev–Trinajstić information content (AvgIpc) is 3.80. The molecule has 1 aromatic carbocycles. The number of anilines is 1. The van der Waals surface area contributed by atoms with Crippen LogP contribution in [0.3, 0.4) is 0 Å². The number of ketones is 1. The Bertz CT molecular complexity index is 1750. The molecule has 0 unspecified atom stereocenters. The number of halogens is 1. The lowest BCUT2D eigenvalue weighted by molar-refractivity contribution is -0.121. The second-order valence-electron chi connectivity index (χ2n) is 12.3. The van der Waals surface area contributed by atoms with Gasteiger partial charge in [0.15, 0.2) is 11.6 Å². The number of nitrogens with zero attached hydrogens (tertiary/aromatic N) is 6. The number of aromatic nitrogens is 5. The zero-order chi connectivity index (χ0) is 29.4. The van der Waals surface area contributed by atoms with Gasteiger partial charge in [-0.2, -0.15) is 5.10 Å². The fraction of sp³-hybridized carbons (Fsp3) is 0.419. The van der Waals surface area contributed by atoms with E-state index in [1.807, 2.05) is 41.9 Å². The molecular weight excluding hydrogens is 598 g/mol. The summed E-state index contributed by atoms with van der Waals surface area (Å²) in [5, 5.41) is 18.8. The third kappa shape index (κ3) is 4.73. The van der Waals surface area contributed by atoms with Crippen LogP contribution in [0.25, 0.3) is 22.0 Å². The van der Waals surface area contributed by atoms with Gasteiger partial charge in [-0.25, -0.2) is 15.0 Å². The molecule has 1 aliphatic heterocycles. The Kier molecular flexibility index (Phi) is 6.34. The number of pyridine rings is 1. The first-order chi connectivity index (χ1) is 20.0. The van der Waals surface area contributed by atoms with Gasteiger partial charge >= 0.3 is 0 Å². The summed E-state index contributed by atoms with van der Waals surface area (Å²) in [6.45, 7) is 6.89. The summed E-state index contributed by atoms with van der Waals surface area (Å²) in [4.78, 5) is 41.6. The van der Waals surface area contributed by atoms with Crippen LogP contribution in [0.15, 0.2) is 47.3 Å². The standard InChI is InChI=1S/C31H32BrN7O3/c1-17-4-7-25(32)35-27(17)36-28(41)23-13-30(3)14-24(30)38(23)10-11-39-22-6-5-19(12-21(22)26(37-39)18(2)40)20-15-33-29(34-16-20)31(42)8-9-31/h4-7,12,15-16,23-24,42H,8-11,13-14H2,1-3H3,(H,35,36,41)/t23-,24+,30-/m0/s1. The Hall–Kier alpha value is -3.54. The third-order valence-electron chi connectivity index (χ3n) is 9.15. The molecule has 0 bridgehead atoms. The van der Waals surface area contributed by atoms with Crippen molar-refractivity contribution >= 4 is 44.3 Å².